The Labute approximate surface area is 76.9 Å². The third kappa shape index (κ3) is 1.75. The largest absolute Gasteiger partial charge is 0.454 e. The highest BCUT2D eigenvalue weighted by Gasteiger charge is 2.13. The highest BCUT2D eigenvalue weighted by molar-refractivity contribution is 5.44. The molecule has 0 aromatic heterocycles. The van der Waals surface area contributed by atoms with Crippen molar-refractivity contribution in [1.82, 2.24) is 0 Å². The normalized spacial score (nSPS) is 15.8. The Morgan fingerprint density at radius 1 is 1.38 bits per heavy atom. The molecule has 0 unspecified atom stereocenters. The summed E-state index contributed by atoms with van der Waals surface area (Å²) in [7, 11) is 0. The fourth-order valence-corrected chi connectivity index (χ4v) is 1.41. The van der Waals surface area contributed by atoms with E-state index in [9.17, 15) is 5.11 Å². The zero-order valence-electron chi connectivity index (χ0n) is 7.49. The van der Waals surface area contributed by atoms with Crippen LogP contribution in [0.3, 0.4) is 0 Å². The molecule has 1 aliphatic rings. The molecule has 2 rings (SSSR count). The van der Waals surface area contributed by atoms with E-state index in [0.717, 1.165) is 17.1 Å². The summed E-state index contributed by atoms with van der Waals surface area (Å²) in [5, 5.41) is 9.18. The van der Waals surface area contributed by atoms with Crippen LogP contribution in [-0.4, -0.2) is 18.0 Å². The lowest BCUT2D eigenvalue weighted by Crippen LogP contribution is -2.03. The van der Waals surface area contributed by atoms with Gasteiger partial charge in [0, 0.05) is 0 Å². The molecule has 0 saturated heterocycles. The van der Waals surface area contributed by atoms with E-state index in [2.05, 4.69) is 0 Å². The van der Waals surface area contributed by atoms with E-state index in [-0.39, 0.29) is 6.10 Å². The number of aliphatic hydroxyl groups is 1. The van der Waals surface area contributed by atoms with Gasteiger partial charge < -0.3 is 14.6 Å². The summed E-state index contributed by atoms with van der Waals surface area (Å²) in [5.41, 5.74) is 1.07. The molecule has 0 radical (unpaired) electrons. The van der Waals surface area contributed by atoms with Gasteiger partial charge in [0.05, 0.1) is 6.10 Å². The molecule has 3 nitrogen and oxygen atoms in total. The molecule has 1 atom stereocenters. The van der Waals surface area contributed by atoms with Gasteiger partial charge in [-0.05, 0) is 31.0 Å². The van der Waals surface area contributed by atoms with E-state index in [1.54, 1.807) is 6.92 Å². The number of aliphatic hydroxyl groups excluding tert-OH is 1. The minimum absolute atomic E-state index is 0.299. The molecule has 0 bridgehead atoms. The van der Waals surface area contributed by atoms with Crippen LogP contribution < -0.4 is 9.47 Å². The molecule has 1 aromatic carbocycles. The van der Waals surface area contributed by atoms with Gasteiger partial charge in [0.15, 0.2) is 11.5 Å². The van der Waals surface area contributed by atoms with Crippen LogP contribution in [-0.2, 0) is 6.42 Å². The van der Waals surface area contributed by atoms with Gasteiger partial charge in [-0.15, -0.1) is 0 Å². The number of rotatable bonds is 2. The van der Waals surface area contributed by atoms with E-state index in [4.69, 9.17) is 9.47 Å². The van der Waals surface area contributed by atoms with Crippen LogP contribution in [0, 0.1) is 0 Å². The Kier molecular flexibility index (Phi) is 2.10. The molecule has 3 heteroatoms. The van der Waals surface area contributed by atoms with Crippen molar-refractivity contribution in [3.05, 3.63) is 23.8 Å². The van der Waals surface area contributed by atoms with Crippen molar-refractivity contribution in [2.75, 3.05) is 6.79 Å². The van der Waals surface area contributed by atoms with Gasteiger partial charge in [0.1, 0.15) is 0 Å². The lowest BCUT2D eigenvalue weighted by atomic mass is 10.1. The van der Waals surface area contributed by atoms with Crippen LogP contribution in [0.2, 0.25) is 0 Å². The smallest absolute Gasteiger partial charge is 0.231 e. The summed E-state index contributed by atoms with van der Waals surface area (Å²) in [6.45, 7) is 2.07. The molecule has 13 heavy (non-hydrogen) atoms. The van der Waals surface area contributed by atoms with Crippen LogP contribution in [0.5, 0.6) is 11.5 Å². The van der Waals surface area contributed by atoms with Crippen LogP contribution in [0.4, 0.5) is 0 Å². The molecule has 0 aliphatic carbocycles. The standard InChI is InChI=1S/C10H12O3/c1-7(11)4-8-2-3-9-10(5-8)13-6-12-9/h2-3,5,7,11H,4,6H2,1H3/t7-/m1/s1. The first-order valence-electron chi connectivity index (χ1n) is 4.32. The molecule has 70 valence electrons. The minimum Gasteiger partial charge on any atom is -0.454 e. The molecule has 1 aromatic rings. The van der Waals surface area contributed by atoms with Gasteiger partial charge in [-0.1, -0.05) is 6.07 Å². The Bertz CT molecular complexity index is 307. The lowest BCUT2D eigenvalue weighted by Gasteiger charge is -2.04. The van der Waals surface area contributed by atoms with Crippen LogP contribution in [0.1, 0.15) is 12.5 Å². The molecule has 1 heterocycles. The molecule has 0 saturated carbocycles. The Morgan fingerprint density at radius 3 is 2.92 bits per heavy atom. The van der Waals surface area contributed by atoms with E-state index in [0.29, 0.717) is 13.2 Å². The summed E-state index contributed by atoms with van der Waals surface area (Å²) >= 11 is 0. The van der Waals surface area contributed by atoms with Gasteiger partial charge in [0.2, 0.25) is 6.79 Å². The molecule has 0 spiro atoms. The molecule has 1 aliphatic heterocycles. The van der Waals surface area contributed by atoms with Crippen molar-refractivity contribution < 1.29 is 14.6 Å². The predicted octanol–water partition coefficient (Wildman–Crippen LogP) is 1.34. The third-order valence-corrected chi connectivity index (χ3v) is 1.97. The predicted molar refractivity (Wildman–Crippen MR) is 47.9 cm³/mol. The van der Waals surface area contributed by atoms with Crippen molar-refractivity contribution >= 4 is 0 Å². The molecular weight excluding hydrogens is 168 g/mol. The average Bonchev–Trinajstić information content (AvgIpc) is 2.49. The maximum Gasteiger partial charge on any atom is 0.231 e. The fourth-order valence-electron chi connectivity index (χ4n) is 1.41. The SMILES string of the molecule is C[C@@H](O)Cc1ccc2c(c1)OCO2. The van der Waals surface area contributed by atoms with Gasteiger partial charge >= 0.3 is 0 Å². The number of benzene rings is 1. The summed E-state index contributed by atoms with van der Waals surface area (Å²) in [4.78, 5) is 0. The van der Waals surface area contributed by atoms with E-state index in [1.165, 1.54) is 0 Å². The Morgan fingerprint density at radius 2 is 2.15 bits per heavy atom. The average molecular weight is 180 g/mol. The van der Waals surface area contributed by atoms with Gasteiger partial charge in [0.25, 0.3) is 0 Å². The second kappa shape index (κ2) is 3.26. The molecule has 0 fully saturated rings. The lowest BCUT2D eigenvalue weighted by molar-refractivity contribution is 0.174. The minimum atomic E-state index is -0.319. The van der Waals surface area contributed by atoms with Gasteiger partial charge in [-0.25, -0.2) is 0 Å². The number of fused-ring (bicyclic) bond motifs is 1. The summed E-state index contributed by atoms with van der Waals surface area (Å²) in [5.74, 6) is 1.56. The third-order valence-electron chi connectivity index (χ3n) is 1.97. The van der Waals surface area contributed by atoms with Crippen molar-refractivity contribution in [2.45, 2.75) is 19.4 Å². The fraction of sp³-hybridized carbons (Fsp3) is 0.400. The zero-order valence-corrected chi connectivity index (χ0v) is 7.49. The summed E-state index contributed by atoms with van der Waals surface area (Å²) < 4.78 is 10.4. The van der Waals surface area contributed by atoms with Crippen molar-refractivity contribution in [3.8, 4) is 11.5 Å². The highest BCUT2D eigenvalue weighted by Crippen LogP contribution is 2.32. The monoisotopic (exact) mass is 180 g/mol. The topological polar surface area (TPSA) is 38.7 Å². The quantitative estimate of drug-likeness (QED) is 0.746. The number of ether oxygens (including phenoxy) is 2. The van der Waals surface area contributed by atoms with Crippen molar-refractivity contribution in [2.24, 2.45) is 0 Å². The van der Waals surface area contributed by atoms with Gasteiger partial charge in [-0.2, -0.15) is 0 Å². The van der Waals surface area contributed by atoms with Crippen molar-refractivity contribution in [3.63, 3.8) is 0 Å². The second-order valence-electron chi connectivity index (χ2n) is 3.24. The van der Waals surface area contributed by atoms with Gasteiger partial charge in [-0.3, -0.25) is 0 Å². The first kappa shape index (κ1) is 8.38. The molecular formula is C10H12O3. The zero-order chi connectivity index (χ0) is 9.26. The van der Waals surface area contributed by atoms with Crippen LogP contribution in [0.15, 0.2) is 18.2 Å². The Hall–Kier alpha value is -1.22. The summed E-state index contributed by atoms with van der Waals surface area (Å²) in [6, 6.07) is 5.73. The number of hydrogen-bond acceptors (Lipinski definition) is 3. The molecule has 1 N–H and O–H groups in total. The first-order valence-corrected chi connectivity index (χ1v) is 4.32. The highest BCUT2D eigenvalue weighted by atomic mass is 16.7. The molecule has 0 amide bonds. The maximum atomic E-state index is 9.18. The summed E-state index contributed by atoms with van der Waals surface area (Å²) in [6.07, 6.45) is 0.330. The van der Waals surface area contributed by atoms with Crippen molar-refractivity contribution in [1.29, 1.82) is 0 Å². The van der Waals surface area contributed by atoms with Crippen LogP contribution >= 0.6 is 0 Å². The van der Waals surface area contributed by atoms with E-state index >= 15 is 0 Å². The second-order valence-corrected chi connectivity index (χ2v) is 3.24. The Balaban J connectivity index is 2.21. The van der Waals surface area contributed by atoms with E-state index in [1.807, 2.05) is 18.2 Å². The maximum absolute atomic E-state index is 9.18. The first-order chi connectivity index (χ1) is 6.25. The number of hydrogen-bond donors (Lipinski definition) is 1. The van der Waals surface area contributed by atoms with E-state index < -0.39 is 0 Å². The van der Waals surface area contributed by atoms with Crippen LogP contribution in [0.25, 0.3) is 0 Å².